The van der Waals surface area contributed by atoms with Crippen LogP contribution in [0.1, 0.15) is 6.92 Å². The quantitative estimate of drug-likeness (QED) is 0.532. The van der Waals surface area contributed by atoms with E-state index in [9.17, 15) is 4.79 Å². The largest absolute Gasteiger partial charge is 0.322 e. The van der Waals surface area contributed by atoms with Crippen molar-refractivity contribution < 1.29 is 4.79 Å². The van der Waals surface area contributed by atoms with E-state index in [1.807, 2.05) is 17.5 Å². The van der Waals surface area contributed by atoms with Crippen LogP contribution < -0.4 is 5.32 Å². The van der Waals surface area contributed by atoms with Crippen molar-refractivity contribution in [3.8, 4) is 10.7 Å². The van der Waals surface area contributed by atoms with Crippen molar-refractivity contribution in [2.75, 3.05) is 5.32 Å². The molecule has 3 rings (SSSR count). The number of hydrogen-bond acceptors (Lipinski definition) is 6. The molecule has 9 heteroatoms. The van der Waals surface area contributed by atoms with Crippen LogP contribution in [0, 0.1) is 0 Å². The van der Waals surface area contributed by atoms with Crippen molar-refractivity contribution >= 4 is 46.3 Å². The first kappa shape index (κ1) is 16.0. The normalized spacial score (nSPS) is 12.1. The zero-order valence-corrected chi connectivity index (χ0v) is 14.4. The second-order valence-corrected chi connectivity index (χ2v) is 7.15. The molecule has 3 aromatic heterocycles. The molecule has 1 amide bonds. The monoisotopic (exact) mass is 365 g/mol. The third kappa shape index (κ3) is 3.90. The molecule has 0 aliphatic heterocycles. The number of H-pyrrole nitrogens is 1. The number of pyridine rings is 1. The minimum atomic E-state index is -0.377. The molecular weight excluding hydrogens is 354 g/mol. The van der Waals surface area contributed by atoms with E-state index in [4.69, 9.17) is 11.6 Å². The Bertz CT molecular complexity index is 805. The van der Waals surface area contributed by atoms with E-state index in [2.05, 4.69) is 25.5 Å². The second-order valence-electron chi connectivity index (χ2n) is 4.53. The zero-order chi connectivity index (χ0) is 16.2. The molecule has 118 valence electrons. The lowest BCUT2D eigenvalue weighted by Gasteiger charge is -2.10. The highest BCUT2D eigenvalue weighted by Crippen LogP contribution is 2.26. The molecule has 0 bridgehead atoms. The summed E-state index contributed by atoms with van der Waals surface area (Å²) < 4.78 is 0. The number of amides is 1. The number of anilines is 1. The topological polar surface area (TPSA) is 83.6 Å². The molecule has 0 aliphatic carbocycles. The number of thioether (sulfide) groups is 1. The minimum absolute atomic E-state index is 0.188. The predicted octanol–water partition coefficient (Wildman–Crippen LogP) is 3.70. The molecule has 3 heterocycles. The SMILES string of the molecule is CC(Sc1n[nH]c(-c2cccs2)n1)C(=O)Nc1cccnc1Cl. The van der Waals surface area contributed by atoms with E-state index in [0.29, 0.717) is 16.7 Å². The first-order valence-corrected chi connectivity index (χ1v) is 8.81. The van der Waals surface area contributed by atoms with Crippen molar-refractivity contribution in [2.45, 2.75) is 17.3 Å². The van der Waals surface area contributed by atoms with Crippen molar-refractivity contribution in [3.63, 3.8) is 0 Å². The van der Waals surface area contributed by atoms with E-state index >= 15 is 0 Å². The number of nitrogens with zero attached hydrogens (tertiary/aromatic N) is 3. The van der Waals surface area contributed by atoms with Crippen LogP contribution in [0.25, 0.3) is 10.7 Å². The molecule has 0 saturated carbocycles. The fraction of sp³-hybridized carbons (Fsp3) is 0.143. The fourth-order valence-electron chi connectivity index (χ4n) is 1.75. The number of aromatic amines is 1. The van der Waals surface area contributed by atoms with Crippen LogP contribution in [0.15, 0.2) is 41.0 Å². The Morgan fingerprint density at radius 1 is 1.43 bits per heavy atom. The number of halogens is 1. The maximum Gasteiger partial charge on any atom is 0.237 e. The first-order chi connectivity index (χ1) is 11.1. The van der Waals surface area contributed by atoms with E-state index in [1.54, 1.807) is 36.6 Å². The highest BCUT2D eigenvalue weighted by Gasteiger charge is 2.18. The van der Waals surface area contributed by atoms with Crippen molar-refractivity contribution in [2.24, 2.45) is 0 Å². The summed E-state index contributed by atoms with van der Waals surface area (Å²) in [6, 6.07) is 7.32. The Kier molecular flexibility index (Phi) is 4.94. The van der Waals surface area contributed by atoms with E-state index < -0.39 is 0 Å². The lowest BCUT2D eigenvalue weighted by molar-refractivity contribution is -0.115. The summed E-state index contributed by atoms with van der Waals surface area (Å²) >= 11 is 8.78. The molecule has 0 aromatic carbocycles. The lowest BCUT2D eigenvalue weighted by Crippen LogP contribution is -2.22. The molecular formula is C14H12ClN5OS2. The highest BCUT2D eigenvalue weighted by atomic mass is 35.5. The summed E-state index contributed by atoms with van der Waals surface area (Å²) in [6.45, 7) is 1.78. The molecule has 0 fully saturated rings. The highest BCUT2D eigenvalue weighted by molar-refractivity contribution is 8.00. The first-order valence-electron chi connectivity index (χ1n) is 6.68. The summed E-state index contributed by atoms with van der Waals surface area (Å²) in [7, 11) is 0. The van der Waals surface area contributed by atoms with Gasteiger partial charge in [-0.1, -0.05) is 29.4 Å². The Morgan fingerprint density at radius 2 is 2.30 bits per heavy atom. The van der Waals surface area contributed by atoms with Crippen molar-refractivity contribution in [3.05, 3.63) is 41.0 Å². The molecule has 0 radical (unpaired) electrons. The van der Waals surface area contributed by atoms with Crippen LogP contribution in [0.4, 0.5) is 5.69 Å². The van der Waals surface area contributed by atoms with Gasteiger partial charge in [-0.05, 0) is 30.5 Å². The molecule has 3 aromatic rings. The molecule has 0 saturated heterocycles. The average molecular weight is 366 g/mol. The second kappa shape index (κ2) is 7.12. The molecule has 6 nitrogen and oxygen atoms in total. The maximum atomic E-state index is 12.2. The number of rotatable bonds is 5. The van der Waals surface area contributed by atoms with Crippen LogP contribution in [-0.2, 0) is 4.79 Å². The van der Waals surface area contributed by atoms with Crippen LogP contribution >= 0.6 is 34.7 Å². The molecule has 0 aliphatic rings. The smallest absolute Gasteiger partial charge is 0.237 e. The number of aromatic nitrogens is 4. The number of hydrogen-bond donors (Lipinski definition) is 2. The molecule has 1 unspecified atom stereocenters. The van der Waals surface area contributed by atoms with Gasteiger partial charge in [0.25, 0.3) is 0 Å². The number of carbonyl (C=O) groups excluding carboxylic acids is 1. The maximum absolute atomic E-state index is 12.2. The summed E-state index contributed by atoms with van der Waals surface area (Å²) in [5, 5.41) is 12.1. The van der Waals surface area contributed by atoms with Crippen molar-refractivity contribution in [1.29, 1.82) is 0 Å². The molecule has 1 atom stereocenters. The van der Waals surface area contributed by atoms with Gasteiger partial charge in [-0.2, -0.15) is 0 Å². The van der Waals surface area contributed by atoms with Crippen LogP contribution in [0.3, 0.4) is 0 Å². The Balaban J connectivity index is 1.64. The Morgan fingerprint density at radius 3 is 3.04 bits per heavy atom. The number of thiophene rings is 1. The molecule has 2 N–H and O–H groups in total. The third-order valence-electron chi connectivity index (χ3n) is 2.89. The average Bonchev–Trinajstić information content (AvgIpc) is 3.20. The van der Waals surface area contributed by atoms with Crippen LogP contribution in [0.5, 0.6) is 0 Å². The van der Waals surface area contributed by atoms with Gasteiger partial charge < -0.3 is 5.32 Å². The summed E-state index contributed by atoms with van der Waals surface area (Å²) in [5.41, 5.74) is 0.487. The summed E-state index contributed by atoms with van der Waals surface area (Å²) in [6.07, 6.45) is 1.57. The van der Waals surface area contributed by atoms with Gasteiger partial charge in [0.1, 0.15) is 0 Å². The number of nitrogens with one attached hydrogen (secondary N) is 2. The zero-order valence-electron chi connectivity index (χ0n) is 12.0. The van der Waals surface area contributed by atoms with Gasteiger partial charge in [0, 0.05) is 6.20 Å². The van der Waals surface area contributed by atoms with Gasteiger partial charge in [-0.25, -0.2) is 9.97 Å². The Labute approximate surface area is 145 Å². The fourth-order valence-corrected chi connectivity index (χ4v) is 3.30. The van der Waals surface area contributed by atoms with E-state index in [0.717, 1.165) is 4.88 Å². The van der Waals surface area contributed by atoms with Gasteiger partial charge in [-0.15, -0.1) is 16.4 Å². The minimum Gasteiger partial charge on any atom is -0.322 e. The van der Waals surface area contributed by atoms with Gasteiger partial charge in [-0.3, -0.25) is 9.89 Å². The standard InChI is InChI=1S/C14H12ClN5OS2/c1-8(13(21)17-9-4-2-6-16-11(9)15)23-14-18-12(19-20-14)10-5-3-7-22-10/h2-8H,1H3,(H,17,21)(H,18,19,20). The van der Waals surface area contributed by atoms with E-state index in [1.165, 1.54) is 11.8 Å². The lowest BCUT2D eigenvalue weighted by atomic mass is 10.4. The number of carbonyl (C=O) groups is 1. The Hall–Kier alpha value is -1.90. The summed E-state index contributed by atoms with van der Waals surface area (Å²) in [5.74, 6) is 0.512. The van der Waals surface area contributed by atoms with Gasteiger partial charge >= 0.3 is 0 Å². The molecule has 0 spiro atoms. The van der Waals surface area contributed by atoms with Gasteiger partial charge in [0.15, 0.2) is 11.0 Å². The van der Waals surface area contributed by atoms with E-state index in [-0.39, 0.29) is 16.3 Å². The van der Waals surface area contributed by atoms with Crippen LogP contribution in [0.2, 0.25) is 5.15 Å². The van der Waals surface area contributed by atoms with Crippen molar-refractivity contribution in [1.82, 2.24) is 20.2 Å². The summed E-state index contributed by atoms with van der Waals surface area (Å²) in [4.78, 5) is 21.5. The molecule has 23 heavy (non-hydrogen) atoms. The van der Waals surface area contributed by atoms with Gasteiger partial charge in [0.05, 0.1) is 15.8 Å². The predicted molar refractivity (Wildman–Crippen MR) is 92.9 cm³/mol. The van der Waals surface area contributed by atoms with Crippen LogP contribution in [-0.4, -0.2) is 31.3 Å². The van der Waals surface area contributed by atoms with Gasteiger partial charge in [0.2, 0.25) is 11.1 Å². The third-order valence-corrected chi connectivity index (χ3v) is 5.03.